The van der Waals surface area contributed by atoms with E-state index in [4.69, 9.17) is 0 Å². The van der Waals surface area contributed by atoms with Gasteiger partial charge < -0.3 is 14.6 Å². The lowest BCUT2D eigenvalue weighted by Gasteiger charge is -2.21. The van der Waals surface area contributed by atoms with E-state index in [9.17, 15) is 14.7 Å². The van der Waals surface area contributed by atoms with Gasteiger partial charge in [0.1, 0.15) is 6.04 Å². The SMILES string of the molecule is O=C(O)C1CCCN1C(=O)Cc1cncn1Cc1ccccc1. The molecule has 1 amide bonds. The summed E-state index contributed by atoms with van der Waals surface area (Å²) in [7, 11) is 0. The third kappa shape index (κ3) is 3.41. The van der Waals surface area contributed by atoms with E-state index in [0.717, 1.165) is 17.7 Å². The quantitative estimate of drug-likeness (QED) is 0.909. The van der Waals surface area contributed by atoms with Gasteiger partial charge in [0.05, 0.1) is 12.7 Å². The van der Waals surface area contributed by atoms with E-state index in [2.05, 4.69) is 4.98 Å². The molecule has 1 unspecified atom stereocenters. The summed E-state index contributed by atoms with van der Waals surface area (Å²) in [6.45, 7) is 1.16. The van der Waals surface area contributed by atoms with Crippen LogP contribution in [0.25, 0.3) is 0 Å². The predicted octanol–water partition coefficient (Wildman–Crippen LogP) is 1.55. The fourth-order valence-corrected chi connectivity index (χ4v) is 3.00. The number of imidazole rings is 1. The summed E-state index contributed by atoms with van der Waals surface area (Å²) in [6.07, 6.45) is 4.83. The Bertz CT molecular complexity index is 696. The molecule has 1 fully saturated rings. The molecule has 1 aromatic carbocycles. The second-order valence-corrected chi connectivity index (χ2v) is 5.76. The number of carbonyl (C=O) groups is 2. The number of nitrogens with zero attached hydrogens (tertiary/aromatic N) is 3. The van der Waals surface area contributed by atoms with Gasteiger partial charge in [-0.1, -0.05) is 30.3 Å². The van der Waals surface area contributed by atoms with Crippen molar-refractivity contribution in [1.29, 1.82) is 0 Å². The molecule has 23 heavy (non-hydrogen) atoms. The van der Waals surface area contributed by atoms with Crippen molar-refractivity contribution in [2.24, 2.45) is 0 Å². The maximum absolute atomic E-state index is 12.5. The summed E-state index contributed by atoms with van der Waals surface area (Å²) in [5.41, 5.74) is 1.93. The van der Waals surface area contributed by atoms with Crippen molar-refractivity contribution in [2.45, 2.75) is 31.8 Å². The number of amides is 1. The van der Waals surface area contributed by atoms with Crippen LogP contribution in [0.3, 0.4) is 0 Å². The number of carboxylic acids is 1. The summed E-state index contributed by atoms with van der Waals surface area (Å²) < 4.78 is 1.93. The Labute approximate surface area is 134 Å². The van der Waals surface area contributed by atoms with Gasteiger partial charge in [-0.3, -0.25) is 4.79 Å². The largest absolute Gasteiger partial charge is 0.480 e. The summed E-state index contributed by atoms with van der Waals surface area (Å²) in [4.78, 5) is 29.3. The molecule has 2 heterocycles. The summed E-state index contributed by atoms with van der Waals surface area (Å²) in [5, 5.41) is 9.20. The highest BCUT2D eigenvalue weighted by atomic mass is 16.4. The van der Waals surface area contributed by atoms with Gasteiger partial charge in [-0.15, -0.1) is 0 Å². The van der Waals surface area contributed by atoms with Crippen LogP contribution in [0.2, 0.25) is 0 Å². The van der Waals surface area contributed by atoms with Crippen LogP contribution in [0.15, 0.2) is 42.9 Å². The molecule has 6 nitrogen and oxygen atoms in total. The van der Waals surface area contributed by atoms with Gasteiger partial charge in [0.15, 0.2) is 0 Å². The summed E-state index contributed by atoms with van der Waals surface area (Å²) in [5.74, 6) is -1.07. The molecule has 0 spiro atoms. The lowest BCUT2D eigenvalue weighted by Crippen LogP contribution is -2.41. The van der Waals surface area contributed by atoms with Gasteiger partial charge >= 0.3 is 5.97 Å². The highest BCUT2D eigenvalue weighted by Gasteiger charge is 2.33. The number of benzene rings is 1. The first kappa shape index (κ1) is 15.3. The maximum Gasteiger partial charge on any atom is 0.326 e. The minimum absolute atomic E-state index is 0.148. The third-order valence-corrected chi connectivity index (χ3v) is 4.18. The van der Waals surface area contributed by atoms with Gasteiger partial charge in [-0.2, -0.15) is 0 Å². The Balaban J connectivity index is 1.70. The Kier molecular flexibility index (Phi) is 4.41. The van der Waals surface area contributed by atoms with Crippen LogP contribution < -0.4 is 0 Å². The maximum atomic E-state index is 12.5. The van der Waals surface area contributed by atoms with Gasteiger partial charge in [0.25, 0.3) is 0 Å². The second-order valence-electron chi connectivity index (χ2n) is 5.76. The smallest absolute Gasteiger partial charge is 0.326 e. The highest BCUT2D eigenvalue weighted by molar-refractivity contribution is 5.85. The molecule has 1 N–H and O–H groups in total. The van der Waals surface area contributed by atoms with E-state index in [-0.39, 0.29) is 12.3 Å². The number of aromatic nitrogens is 2. The molecule has 1 saturated heterocycles. The van der Waals surface area contributed by atoms with Crippen molar-refractivity contribution in [3.8, 4) is 0 Å². The van der Waals surface area contributed by atoms with Crippen LogP contribution in [0.4, 0.5) is 0 Å². The Morgan fingerprint density at radius 2 is 2.04 bits per heavy atom. The first-order chi connectivity index (χ1) is 11.1. The number of likely N-dealkylation sites (tertiary alicyclic amines) is 1. The van der Waals surface area contributed by atoms with Gasteiger partial charge in [-0.25, -0.2) is 9.78 Å². The van der Waals surface area contributed by atoms with Crippen molar-refractivity contribution in [1.82, 2.24) is 14.5 Å². The number of carbonyl (C=O) groups excluding carboxylic acids is 1. The van der Waals surface area contributed by atoms with Crippen molar-refractivity contribution < 1.29 is 14.7 Å². The Morgan fingerprint density at radius 3 is 2.78 bits per heavy atom. The van der Waals surface area contributed by atoms with E-state index >= 15 is 0 Å². The zero-order valence-electron chi connectivity index (χ0n) is 12.8. The minimum atomic E-state index is -0.923. The van der Waals surface area contributed by atoms with Gasteiger partial charge in [0.2, 0.25) is 5.91 Å². The van der Waals surface area contributed by atoms with Crippen molar-refractivity contribution in [3.63, 3.8) is 0 Å². The molecule has 6 heteroatoms. The number of rotatable bonds is 5. The molecule has 0 radical (unpaired) electrons. The first-order valence-corrected chi connectivity index (χ1v) is 7.70. The van der Waals surface area contributed by atoms with Gasteiger partial charge in [-0.05, 0) is 18.4 Å². The summed E-state index contributed by atoms with van der Waals surface area (Å²) >= 11 is 0. The molecule has 3 rings (SSSR count). The lowest BCUT2D eigenvalue weighted by atomic mass is 10.2. The first-order valence-electron chi connectivity index (χ1n) is 7.70. The molecule has 120 valence electrons. The molecule has 0 aliphatic carbocycles. The number of aliphatic carboxylic acids is 1. The lowest BCUT2D eigenvalue weighted by molar-refractivity contribution is -0.148. The second kappa shape index (κ2) is 6.64. The Hall–Kier alpha value is -2.63. The van der Waals surface area contributed by atoms with E-state index in [1.54, 1.807) is 12.5 Å². The zero-order valence-corrected chi connectivity index (χ0v) is 12.8. The molecular weight excluding hydrogens is 294 g/mol. The number of hydrogen-bond acceptors (Lipinski definition) is 3. The molecule has 1 aromatic heterocycles. The molecule has 2 aromatic rings. The number of carboxylic acid groups (broad SMARTS) is 1. The fourth-order valence-electron chi connectivity index (χ4n) is 3.00. The normalized spacial score (nSPS) is 17.4. The third-order valence-electron chi connectivity index (χ3n) is 4.18. The predicted molar refractivity (Wildman–Crippen MR) is 83.8 cm³/mol. The highest BCUT2D eigenvalue weighted by Crippen LogP contribution is 2.19. The van der Waals surface area contributed by atoms with E-state index in [0.29, 0.717) is 19.5 Å². The molecule has 1 aliphatic rings. The standard InChI is InChI=1S/C17H19N3O3/c21-16(20-8-4-7-15(20)17(22)23)9-14-10-18-12-19(14)11-13-5-2-1-3-6-13/h1-3,5-6,10,12,15H,4,7-9,11H2,(H,22,23). The molecule has 1 atom stereocenters. The van der Waals surface area contributed by atoms with Crippen molar-refractivity contribution in [3.05, 3.63) is 54.1 Å². The minimum Gasteiger partial charge on any atom is -0.480 e. The molecule has 0 bridgehead atoms. The van der Waals surface area contributed by atoms with E-state index in [1.165, 1.54) is 4.90 Å². The van der Waals surface area contributed by atoms with Gasteiger partial charge in [0, 0.05) is 25.0 Å². The molecule has 1 aliphatic heterocycles. The molecular formula is C17H19N3O3. The van der Waals surface area contributed by atoms with Crippen LogP contribution in [-0.4, -0.2) is 44.0 Å². The average molecular weight is 313 g/mol. The van der Waals surface area contributed by atoms with Crippen LogP contribution in [0.5, 0.6) is 0 Å². The van der Waals surface area contributed by atoms with Crippen LogP contribution in [0, 0.1) is 0 Å². The fraction of sp³-hybridized carbons (Fsp3) is 0.353. The van der Waals surface area contributed by atoms with E-state index in [1.807, 2.05) is 34.9 Å². The van der Waals surface area contributed by atoms with E-state index < -0.39 is 12.0 Å². The number of hydrogen-bond donors (Lipinski definition) is 1. The van der Waals surface area contributed by atoms with Crippen LogP contribution in [0.1, 0.15) is 24.1 Å². The van der Waals surface area contributed by atoms with Crippen molar-refractivity contribution >= 4 is 11.9 Å². The van der Waals surface area contributed by atoms with Crippen LogP contribution in [-0.2, 0) is 22.6 Å². The van der Waals surface area contributed by atoms with Crippen molar-refractivity contribution in [2.75, 3.05) is 6.54 Å². The van der Waals surface area contributed by atoms with Crippen LogP contribution >= 0.6 is 0 Å². The molecule has 0 saturated carbocycles. The zero-order chi connectivity index (χ0) is 16.2. The topological polar surface area (TPSA) is 75.4 Å². The monoisotopic (exact) mass is 313 g/mol. The Morgan fingerprint density at radius 1 is 1.26 bits per heavy atom. The average Bonchev–Trinajstić information content (AvgIpc) is 3.18. The summed E-state index contributed by atoms with van der Waals surface area (Å²) in [6, 6.07) is 9.26.